The van der Waals surface area contributed by atoms with Gasteiger partial charge in [0.25, 0.3) is 0 Å². The van der Waals surface area contributed by atoms with E-state index in [1.807, 2.05) is 45.9 Å². The fourth-order valence-electron chi connectivity index (χ4n) is 2.42. The Morgan fingerprint density at radius 2 is 1.70 bits per heavy atom. The van der Waals surface area contributed by atoms with E-state index in [1.165, 1.54) is 12.7 Å². The van der Waals surface area contributed by atoms with E-state index in [4.69, 9.17) is 4.74 Å². The van der Waals surface area contributed by atoms with E-state index >= 15 is 0 Å². The summed E-state index contributed by atoms with van der Waals surface area (Å²) in [5.74, 6) is -0.181. The standard InChI is InChI=1S/C16H23O2.C2H6/c1-6-16(4,13-10-8-7-9-11-13)12-15(2,3)14(17)18-5;1-2/h7-11H,4,6,12H2,1-3,5H3;1-2H3/q-1;. The second kappa shape index (κ2) is 8.08. The van der Waals surface area contributed by atoms with Gasteiger partial charge in [0.05, 0.1) is 12.5 Å². The van der Waals surface area contributed by atoms with Crippen LogP contribution < -0.4 is 0 Å². The molecule has 0 aliphatic rings. The number of esters is 1. The molecule has 0 aliphatic carbocycles. The molecule has 2 nitrogen and oxygen atoms in total. The summed E-state index contributed by atoms with van der Waals surface area (Å²) >= 11 is 0. The maximum atomic E-state index is 11.8. The number of carbonyl (C=O) groups is 1. The van der Waals surface area contributed by atoms with Gasteiger partial charge in [-0.1, -0.05) is 69.5 Å². The molecule has 0 spiro atoms. The van der Waals surface area contributed by atoms with Crippen molar-refractivity contribution < 1.29 is 9.53 Å². The highest BCUT2D eigenvalue weighted by molar-refractivity contribution is 5.76. The summed E-state index contributed by atoms with van der Waals surface area (Å²) in [5, 5.41) is 0. The maximum Gasteiger partial charge on any atom is 0.311 e. The Kier molecular flexibility index (Phi) is 7.55. The molecule has 1 aromatic rings. The number of hydrogen-bond acceptors (Lipinski definition) is 2. The second-order valence-corrected chi connectivity index (χ2v) is 5.55. The number of rotatable bonds is 5. The van der Waals surface area contributed by atoms with Gasteiger partial charge in [-0.15, -0.1) is 5.41 Å². The van der Waals surface area contributed by atoms with Crippen LogP contribution in [0.15, 0.2) is 30.3 Å². The summed E-state index contributed by atoms with van der Waals surface area (Å²) in [6.07, 6.45) is 1.56. The van der Waals surface area contributed by atoms with E-state index in [2.05, 4.69) is 26.0 Å². The molecule has 114 valence electrons. The lowest BCUT2D eigenvalue weighted by molar-refractivity contribution is -0.151. The molecule has 1 atom stereocenters. The third kappa shape index (κ3) is 4.66. The SMILES string of the molecule is CC.[CH2-]C(CC)(CC(C)(C)C(=O)OC)c1ccccc1. The smallest absolute Gasteiger partial charge is 0.311 e. The Morgan fingerprint density at radius 3 is 2.10 bits per heavy atom. The molecule has 2 heteroatoms. The normalized spacial score (nSPS) is 13.8. The first-order chi connectivity index (χ1) is 9.35. The van der Waals surface area contributed by atoms with E-state index in [0.717, 1.165) is 6.42 Å². The van der Waals surface area contributed by atoms with Crippen molar-refractivity contribution in [2.75, 3.05) is 7.11 Å². The minimum Gasteiger partial charge on any atom is -0.469 e. The van der Waals surface area contributed by atoms with Crippen LogP contribution in [0.2, 0.25) is 0 Å². The van der Waals surface area contributed by atoms with Crippen LogP contribution in [-0.2, 0) is 14.9 Å². The summed E-state index contributed by atoms with van der Waals surface area (Å²) < 4.78 is 4.87. The average molecular weight is 277 g/mol. The Bertz CT molecular complexity index is 395. The van der Waals surface area contributed by atoms with Gasteiger partial charge in [0.15, 0.2) is 0 Å². The summed E-state index contributed by atoms with van der Waals surface area (Å²) in [6, 6.07) is 10.2. The molecule has 0 aromatic heterocycles. The van der Waals surface area contributed by atoms with Gasteiger partial charge in [-0.05, 0) is 13.8 Å². The van der Waals surface area contributed by atoms with Gasteiger partial charge >= 0.3 is 5.97 Å². The van der Waals surface area contributed by atoms with E-state index in [9.17, 15) is 4.79 Å². The minimum atomic E-state index is -0.525. The quantitative estimate of drug-likeness (QED) is 0.571. The van der Waals surface area contributed by atoms with Crippen LogP contribution in [0.1, 0.15) is 53.0 Å². The van der Waals surface area contributed by atoms with Crippen molar-refractivity contribution in [1.82, 2.24) is 0 Å². The molecule has 0 radical (unpaired) electrons. The number of benzene rings is 1. The van der Waals surface area contributed by atoms with Crippen LogP contribution in [0, 0.1) is 12.3 Å². The number of ether oxygens (including phenoxy) is 1. The van der Waals surface area contributed by atoms with Gasteiger partial charge in [0, 0.05) is 0 Å². The van der Waals surface area contributed by atoms with Crippen molar-refractivity contribution in [3.8, 4) is 0 Å². The van der Waals surface area contributed by atoms with Gasteiger partial charge in [0.2, 0.25) is 0 Å². The average Bonchev–Trinajstić information content (AvgIpc) is 2.48. The summed E-state index contributed by atoms with van der Waals surface area (Å²) in [5.41, 5.74) is 0.394. The number of carbonyl (C=O) groups excluding carboxylic acids is 1. The van der Waals surface area contributed by atoms with Crippen molar-refractivity contribution in [2.45, 2.75) is 52.9 Å². The Labute approximate surface area is 124 Å². The van der Waals surface area contributed by atoms with E-state index < -0.39 is 5.41 Å². The summed E-state index contributed by atoms with van der Waals surface area (Å²) in [7, 11) is 1.43. The Balaban J connectivity index is 0.00000172. The molecule has 1 aromatic carbocycles. The molecule has 20 heavy (non-hydrogen) atoms. The van der Waals surface area contributed by atoms with Crippen molar-refractivity contribution in [3.63, 3.8) is 0 Å². The minimum absolute atomic E-state index is 0.181. The highest BCUT2D eigenvalue weighted by Gasteiger charge is 2.34. The van der Waals surface area contributed by atoms with Crippen molar-refractivity contribution in [1.29, 1.82) is 0 Å². The molecule has 0 amide bonds. The lowest BCUT2D eigenvalue weighted by Gasteiger charge is -2.42. The predicted molar refractivity (Wildman–Crippen MR) is 85.5 cm³/mol. The molecule has 1 rings (SSSR count). The predicted octanol–water partition coefficient (Wildman–Crippen LogP) is 4.78. The van der Waals surface area contributed by atoms with E-state index in [0.29, 0.717) is 6.42 Å². The Morgan fingerprint density at radius 1 is 1.20 bits per heavy atom. The van der Waals surface area contributed by atoms with Crippen LogP contribution in [0.3, 0.4) is 0 Å². The molecular formula is C18H29O2-. The first kappa shape index (κ1) is 18.7. The molecule has 1 unspecified atom stereocenters. The van der Waals surface area contributed by atoms with Crippen LogP contribution >= 0.6 is 0 Å². The van der Waals surface area contributed by atoms with Gasteiger partial charge in [-0.2, -0.15) is 0 Å². The highest BCUT2D eigenvalue weighted by atomic mass is 16.5. The van der Waals surface area contributed by atoms with Crippen LogP contribution in [0.25, 0.3) is 0 Å². The van der Waals surface area contributed by atoms with Gasteiger partial charge in [0.1, 0.15) is 0 Å². The zero-order valence-electron chi connectivity index (χ0n) is 13.8. The van der Waals surface area contributed by atoms with Crippen molar-refractivity contribution in [3.05, 3.63) is 42.8 Å². The number of hydrogen-bond donors (Lipinski definition) is 0. The van der Waals surface area contributed by atoms with E-state index in [-0.39, 0.29) is 11.4 Å². The first-order valence-corrected chi connectivity index (χ1v) is 7.35. The monoisotopic (exact) mass is 277 g/mol. The lowest BCUT2D eigenvalue weighted by Crippen LogP contribution is -2.35. The van der Waals surface area contributed by atoms with Crippen LogP contribution in [0.5, 0.6) is 0 Å². The summed E-state index contributed by atoms with van der Waals surface area (Å²) in [4.78, 5) is 11.8. The lowest BCUT2D eigenvalue weighted by atomic mass is 9.69. The van der Waals surface area contributed by atoms with Gasteiger partial charge in [-0.3, -0.25) is 4.79 Å². The van der Waals surface area contributed by atoms with Gasteiger partial charge in [-0.25, -0.2) is 0 Å². The molecule has 0 bridgehead atoms. The van der Waals surface area contributed by atoms with Crippen molar-refractivity contribution >= 4 is 5.97 Å². The van der Waals surface area contributed by atoms with Crippen molar-refractivity contribution in [2.24, 2.45) is 5.41 Å². The third-order valence-electron chi connectivity index (χ3n) is 3.58. The molecule has 0 N–H and O–H groups in total. The third-order valence-corrected chi connectivity index (χ3v) is 3.58. The fourth-order valence-corrected chi connectivity index (χ4v) is 2.42. The zero-order valence-corrected chi connectivity index (χ0v) is 13.8. The molecule has 0 saturated carbocycles. The summed E-state index contributed by atoms with van der Waals surface area (Å²) in [6.45, 7) is 14.3. The fraction of sp³-hybridized carbons (Fsp3) is 0.556. The topological polar surface area (TPSA) is 26.3 Å². The maximum absolute atomic E-state index is 11.8. The molecular weight excluding hydrogens is 248 g/mol. The highest BCUT2D eigenvalue weighted by Crippen LogP contribution is 2.39. The van der Waals surface area contributed by atoms with Gasteiger partial charge < -0.3 is 11.7 Å². The molecule has 0 heterocycles. The second-order valence-electron chi connectivity index (χ2n) is 5.55. The molecule has 0 saturated heterocycles. The van der Waals surface area contributed by atoms with E-state index in [1.54, 1.807) is 0 Å². The molecule has 0 aliphatic heterocycles. The Hall–Kier alpha value is -1.31. The van der Waals surface area contributed by atoms with Crippen LogP contribution in [-0.4, -0.2) is 13.1 Å². The first-order valence-electron chi connectivity index (χ1n) is 7.35. The van der Waals surface area contributed by atoms with Crippen LogP contribution in [0.4, 0.5) is 0 Å². The molecule has 0 fully saturated rings. The number of methoxy groups -OCH3 is 1. The zero-order chi connectivity index (χ0) is 15.8. The largest absolute Gasteiger partial charge is 0.469 e.